The first-order valence-corrected chi connectivity index (χ1v) is 8.32. The summed E-state index contributed by atoms with van der Waals surface area (Å²) in [5, 5.41) is 8.47. The van der Waals surface area contributed by atoms with Crippen LogP contribution in [-0.4, -0.2) is 44.7 Å². The predicted molar refractivity (Wildman–Crippen MR) is 71.5 cm³/mol. The van der Waals surface area contributed by atoms with Crippen LogP contribution in [0.2, 0.25) is 0 Å². The Labute approximate surface area is 110 Å². The zero-order valence-electron chi connectivity index (χ0n) is 11.1. The number of likely N-dealkylation sites (tertiary alicyclic amines) is 1. The molecule has 0 saturated carbocycles. The van der Waals surface area contributed by atoms with Crippen LogP contribution in [0.5, 0.6) is 0 Å². The topological polar surface area (TPSA) is 73.2 Å². The summed E-state index contributed by atoms with van der Waals surface area (Å²) in [5.41, 5.74) is 0. The summed E-state index contributed by atoms with van der Waals surface area (Å²) in [7, 11) is -3.08. The third-order valence-electron chi connectivity index (χ3n) is 3.17. The zero-order chi connectivity index (χ0) is 13.4. The van der Waals surface area contributed by atoms with Gasteiger partial charge in [-0.2, -0.15) is 5.26 Å². The molecule has 18 heavy (non-hydrogen) atoms. The van der Waals surface area contributed by atoms with Gasteiger partial charge >= 0.3 is 0 Å². The molecule has 1 N–H and O–H groups in total. The van der Waals surface area contributed by atoms with Crippen LogP contribution in [0.4, 0.5) is 0 Å². The van der Waals surface area contributed by atoms with Crippen molar-refractivity contribution in [2.45, 2.75) is 45.1 Å². The van der Waals surface area contributed by atoms with E-state index in [2.05, 4.69) is 15.7 Å². The lowest BCUT2D eigenvalue weighted by Crippen LogP contribution is -2.45. The van der Waals surface area contributed by atoms with E-state index in [1.807, 2.05) is 6.92 Å². The van der Waals surface area contributed by atoms with Crippen LogP contribution in [-0.2, 0) is 10.0 Å². The molecule has 0 aromatic carbocycles. The van der Waals surface area contributed by atoms with Crippen molar-refractivity contribution in [2.24, 2.45) is 0 Å². The Balaban J connectivity index is 2.25. The SMILES string of the molecule is CCCS(=O)(=O)NC1CCN(CCCC#N)CC1. The number of nitrogens with one attached hydrogen (secondary N) is 1. The Morgan fingerprint density at radius 2 is 2.06 bits per heavy atom. The first kappa shape index (κ1) is 15.4. The molecule has 5 nitrogen and oxygen atoms in total. The minimum atomic E-state index is -3.08. The fourth-order valence-corrected chi connectivity index (χ4v) is 3.64. The fourth-order valence-electron chi connectivity index (χ4n) is 2.24. The van der Waals surface area contributed by atoms with Gasteiger partial charge in [0.05, 0.1) is 11.8 Å². The first-order chi connectivity index (χ1) is 8.57. The number of unbranched alkanes of at least 4 members (excludes halogenated alkanes) is 1. The molecule has 1 aliphatic heterocycles. The van der Waals surface area contributed by atoms with Crippen LogP contribution in [0, 0.1) is 11.3 Å². The maximum atomic E-state index is 11.6. The molecule has 1 heterocycles. The molecule has 0 bridgehead atoms. The smallest absolute Gasteiger partial charge is 0.211 e. The standard InChI is InChI=1S/C12H23N3O2S/c1-2-11-18(16,17)14-12-5-9-15(10-6-12)8-4-3-7-13/h12,14H,2-6,8-11H2,1H3. The van der Waals surface area contributed by atoms with Gasteiger partial charge in [0.25, 0.3) is 0 Å². The Kier molecular flexibility index (Phi) is 6.61. The van der Waals surface area contributed by atoms with E-state index in [0.717, 1.165) is 38.9 Å². The highest BCUT2D eigenvalue weighted by molar-refractivity contribution is 7.89. The molecule has 0 atom stereocenters. The summed E-state index contributed by atoms with van der Waals surface area (Å²) in [4.78, 5) is 2.31. The number of piperidine rings is 1. The highest BCUT2D eigenvalue weighted by atomic mass is 32.2. The summed E-state index contributed by atoms with van der Waals surface area (Å²) in [5.74, 6) is 0.218. The molecule has 0 amide bonds. The van der Waals surface area contributed by atoms with E-state index in [1.165, 1.54) is 0 Å². The highest BCUT2D eigenvalue weighted by Crippen LogP contribution is 2.12. The van der Waals surface area contributed by atoms with Crippen LogP contribution >= 0.6 is 0 Å². The van der Waals surface area contributed by atoms with Crippen molar-refractivity contribution in [2.75, 3.05) is 25.4 Å². The maximum Gasteiger partial charge on any atom is 0.211 e. The van der Waals surface area contributed by atoms with Crippen LogP contribution in [0.15, 0.2) is 0 Å². The number of rotatable bonds is 7. The van der Waals surface area contributed by atoms with E-state index in [4.69, 9.17) is 5.26 Å². The van der Waals surface area contributed by atoms with Crippen LogP contribution in [0.1, 0.15) is 39.0 Å². The molecule has 0 aromatic heterocycles. The fraction of sp³-hybridized carbons (Fsp3) is 0.917. The van der Waals surface area contributed by atoms with Crippen LogP contribution in [0.3, 0.4) is 0 Å². The molecular formula is C12H23N3O2S. The number of nitriles is 1. The van der Waals surface area contributed by atoms with Gasteiger partial charge < -0.3 is 4.90 Å². The Morgan fingerprint density at radius 1 is 1.39 bits per heavy atom. The maximum absolute atomic E-state index is 11.6. The average Bonchev–Trinajstić information content (AvgIpc) is 2.31. The lowest BCUT2D eigenvalue weighted by Gasteiger charge is -2.31. The molecule has 1 fully saturated rings. The predicted octanol–water partition coefficient (Wildman–Crippen LogP) is 1.08. The number of hydrogen-bond acceptors (Lipinski definition) is 4. The summed E-state index contributed by atoms with van der Waals surface area (Å²) in [6.45, 7) is 4.66. The first-order valence-electron chi connectivity index (χ1n) is 6.66. The van der Waals surface area contributed by atoms with Gasteiger partial charge in [0.1, 0.15) is 0 Å². The Morgan fingerprint density at radius 3 is 2.61 bits per heavy atom. The average molecular weight is 273 g/mol. The van der Waals surface area contributed by atoms with Gasteiger partial charge in [-0.3, -0.25) is 0 Å². The van der Waals surface area contributed by atoms with E-state index >= 15 is 0 Å². The summed E-state index contributed by atoms with van der Waals surface area (Å²) in [6.07, 6.45) is 3.90. The van der Waals surface area contributed by atoms with E-state index in [9.17, 15) is 8.42 Å². The van der Waals surface area contributed by atoms with Gasteiger partial charge in [-0.1, -0.05) is 6.92 Å². The van der Waals surface area contributed by atoms with E-state index in [0.29, 0.717) is 12.8 Å². The Hall–Kier alpha value is -0.640. The summed E-state index contributed by atoms with van der Waals surface area (Å²) < 4.78 is 26.0. The number of hydrogen-bond donors (Lipinski definition) is 1. The minimum absolute atomic E-state index is 0.0915. The van der Waals surface area contributed by atoms with E-state index in [1.54, 1.807) is 0 Å². The normalized spacial score (nSPS) is 18.7. The second-order valence-corrected chi connectivity index (χ2v) is 6.69. The van der Waals surface area contributed by atoms with Gasteiger partial charge in [-0.15, -0.1) is 0 Å². The molecule has 1 rings (SSSR count). The lowest BCUT2D eigenvalue weighted by molar-refractivity contribution is 0.206. The minimum Gasteiger partial charge on any atom is -0.303 e. The number of sulfonamides is 1. The van der Waals surface area contributed by atoms with Crippen molar-refractivity contribution >= 4 is 10.0 Å². The molecule has 0 unspecified atom stereocenters. The lowest BCUT2D eigenvalue weighted by atomic mass is 10.1. The third-order valence-corrected chi connectivity index (χ3v) is 4.81. The van der Waals surface area contributed by atoms with Crippen molar-refractivity contribution < 1.29 is 8.42 Å². The molecule has 0 spiro atoms. The van der Waals surface area contributed by atoms with Gasteiger partial charge in [0, 0.05) is 12.5 Å². The quantitative estimate of drug-likeness (QED) is 0.705. The zero-order valence-corrected chi connectivity index (χ0v) is 11.9. The summed E-state index contributed by atoms with van der Waals surface area (Å²) in [6, 6.07) is 2.23. The molecule has 1 aliphatic rings. The van der Waals surface area contributed by atoms with Gasteiger partial charge in [0.2, 0.25) is 10.0 Å². The van der Waals surface area contributed by atoms with Crippen LogP contribution in [0.25, 0.3) is 0 Å². The third kappa shape index (κ3) is 5.80. The Bertz CT molecular complexity index is 367. The van der Waals surface area contributed by atoms with Crippen molar-refractivity contribution in [3.05, 3.63) is 0 Å². The molecular weight excluding hydrogens is 250 g/mol. The molecule has 6 heteroatoms. The van der Waals surface area contributed by atoms with Crippen molar-refractivity contribution in [3.8, 4) is 6.07 Å². The largest absolute Gasteiger partial charge is 0.303 e. The second kappa shape index (κ2) is 7.72. The van der Waals surface area contributed by atoms with Crippen molar-refractivity contribution in [1.29, 1.82) is 5.26 Å². The monoisotopic (exact) mass is 273 g/mol. The van der Waals surface area contributed by atoms with E-state index < -0.39 is 10.0 Å². The van der Waals surface area contributed by atoms with Gasteiger partial charge in [-0.25, -0.2) is 13.1 Å². The molecule has 104 valence electrons. The molecule has 0 aromatic rings. The van der Waals surface area contributed by atoms with Gasteiger partial charge in [0.15, 0.2) is 0 Å². The number of nitrogens with zero attached hydrogens (tertiary/aromatic N) is 2. The molecule has 1 saturated heterocycles. The molecule has 0 aliphatic carbocycles. The highest BCUT2D eigenvalue weighted by Gasteiger charge is 2.22. The van der Waals surface area contributed by atoms with Crippen molar-refractivity contribution in [3.63, 3.8) is 0 Å². The van der Waals surface area contributed by atoms with E-state index in [-0.39, 0.29) is 11.8 Å². The van der Waals surface area contributed by atoms with Crippen molar-refractivity contribution in [1.82, 2.24) is 9.62 Å². The second-order valence-electron chi connectivity index (χ2n) is 4.81. The summed E-state index contributed by atoms with van der Waals surface area (Å²) >= 11 is 0. The molecule has 0 radical (unpaired) electrons. The van der Waals surface area contributed by atoms with Gasteiger partial charge in [-0.05, 0) is 45.3 Å². The van der Waals surface area contributed by atoms with Crippen LogP contribution < -0.4 is 4.72 Å².